The number of alkyl halides is 3. The summed E-state index contributed by atoms with van der Waals surface area (Å²) < 4.78 is 38.3. The van der Waals surface area contributed by atoms with E-state index >= 15 is 0 Å². The van der Waals surface area contributed by atoms with Gasteiger partial charge in [-0.25, -0.2) is 0 Å². The fourth-order valence-electron chi connectivity index (χ4n) is 1.57. The molecule has 0 aromatic carbocycles. The van der Waals surface area contributed by atoms with Crippen LogP contribution in [0.1, 0.15) is 11.3 Å². The van der Waals surface area contributed by atoms with Gasteiger partial charge in [0.1, 0.15) is 0 Å². The predicted octanol–water partition coefficient (Wildman–Crippen LogP) is 2.65. The van der Waals surface area contributed by atoms with Gasteiger partial charge in [0, 0.05) is 24.2 Å². The number of nitrogens with zero attached hydrogens (tertiary/aromatic N) is 2. The summed E-state index contributed by atoms with van der Waals surface area (Å²) in [5.74, 6) is 0. The Morgan fingerprint density at radius 2 is 1.78 bits per heavy atom. The van der Waals surface area contributed by atoms with E-state index in [2.05, 4.69) is 9.97 Å². The highest BCUT2D eigenvalue weighted by Crippen LogP contribution is 2.33. The summed E-state index contributed by atoms with van der Waals surface area (Å²) in [6.07, 6.45) is -0.255. The van der Waals surface area contributed by atoms with Gasteiger partial charge >= 0.3 is 6.18 Å². The Balaban J connectivity index is 2.53. The highest BCUT2D eigenvalue weighted by molar-refractivity contribution is 5.63. The van der Waals surface area contributed by atoms with Gasteiger partial charge in [0.25, 0.3) is 0 Å². The van der Waals surface area contributed by atoms with Crippen LogP contribution < -0.4 is 0 Å². The van der Waals surface area contributed by atoms with E-state index in [1.807, 2.05) is 0 Å². The van der Waals surface area contributed by atoms with Gasteiger partial charge in [-0.2, -0.15) is 13.2 Å². The molecule has 0 bridgehead atoms. The van der Waals surface area contributed by atoms with Crippen LogP contribution in [0.3, 0.4) is 0 Å². The van der Waals surface area contributed by atoms with Crippen molar-refractivity contribution in [3.63, 3.8) is 0 Å². The van der Waals surface area contributed by atoms with E-state index in [1.54, 1.807) is 12.1 Å². The molecule has 0 saturated carbocycles. The molecule has 0 aliphatic heterocycles. The number of aromatic nitrogens is 2. The van der Waals surface area contributed by atoms with Gasteiger partial charge in [-0.05, 0) is 23.8 Å². The number of aliphatic hydroxyl groups is 1. The van der Waals surface area contributed by atoms with E-state index < -0.39 is 18.3 Å². The Morgan fingerprint density at radius 1 is 1.11 bits per heavy atom. The Bertz CT molecular complexity index is 541. The Kier molecular flexibility index (Phi) is 3.29. The molecular weight excluding hydrogens is 245 g/mol. The van der Waals surface area contributed by atoms with E-state index in [-0.39, 0.29) is 5.69 Å². The zero-order valence-electron chi connectivity index (χ0n) is 9.15. The summed E-state index contributed by atoms with van der Waals surface area (Å²) in [4.78, 5) is 7.44. The molecule has 0 unspecified atom stereocenters. The predicted molar refractivity (Wildman–Crippen MR) is 58.4 cm³/mol. The first kappa shape index (κ1) is 12.5. The van der Waals surface area contributed by atoms with Gasteiger partial charge < -0.3 is 5.11 Å². The first-order valence-electron chi connectivity index (χ1n) is 5.09. The van der Waals surface area contributed by atoms with E-state index in [1.165, 1.54) is 18.6 Å². The SMILES string of the molecule is OCc1ncc(-c2ccncc2)cc1C(F)(F)F. The third kappa shape index (κ3) is 2.48. The van der Waals surface area contributed by atoms with Gasteiger partial charge in [-0.3, -0.25) is 9.97 Å². The van der Waals surface area contributed by atoms with E-state index in [9.17, 15) is 13.2 Å². The van der Waals surface area contributed by atoms with Crippen molar-refractivity contribution in [3.8, 4) is 11.1 Å². The molecule has 18 heavy (non-hydrogen) atoms. The van der Waals surface area contributed by atoms with Crippen LogP contribution in [0.5, 0.6) is 0 Å². The van der Waals surface area contributed by atoms with Crippen molar-refractivity contribution < 1.29 is 18.3 Å². The average molecular weight is 254 g/mol. The van der Waals surface area contributed by atoms with Crippen LogP contribution in [0.4, 0.5) is 13.2 Å². The molecule has 0 fully saturated rings. The molecule has 1 N–H and O–H groups in total. The third-order valence-electron chi connectivity index (χ3n) is 2.44. The summed E-state index contributed by atoms with van der Waals surface area (Å²) in [5, 5.41) is 8.87. The number of hydrogen-bond donors (Lipinski definition) is 1. The average Bonchev–Trinajstić information content (AvgIpc) is 2.38. The number of rotatable bonds is 2. The Labute approximate surface area is 101 Å². The Morgan fingerprint density at radius 3 is 2.33 bits per heavy atom. The summed E-state index contributed by atoms with van der Waals surface area (Å²) in [5.41, 5.74) is -0.367. The third-order valence-corrected chi connectivity index (χ3v) is 2.44. The maximum absolute atomic E-state index is 12.8. The van der Waals surface area contributed by atoms with Crippen molar-refractivity contribution in [1.82, 2.24) is 9.97 Å². The summed E-state index contributed by atoms with van der Waals surface area (Å²) in [6.45, 7) is -0.745. The van der Waals surface area contributed by atoms with Crippen LogP contribution in [0.25, 0.3) is 11.1 Å². The molecule has 2 aromatic rings. The molecule has 6 heteroatoms. The van der Waals surface area contributed by atoms with Crippen molar-refractivity contribution >= 4 is 0 Å². The fraction of sp³-hybridized carbons (Fsp3) is 0.167. The van der Waals surface area contributed by atoms with Crippen LogP contribution in [0, 0.1) is 0 Å². The summed E-state index contributed by atoms with van der Waals surface area (Å²) in [6, 6.07) is 4.17. The second kappa shape index (κ2) is 4.73. The van der Waals surface area contributed by atoms with Crippen molar-refractivity contribution in [1.29, 1.82) is 0 Å². The summed E-state index contributed by atoms with van der Waals surface area (Å²) in [7, 11) is 0. The lowest BCUT2D eigenvalue weighted by Gasteiger charge is -2.12. The van der Waals surface area contributed by atoms with Crippen molar-refractivity contribution in [2.75, 3.05) is 0 Å². The lowest BCUT2D eigenvalue weighted by Crippen LogP contribution is -2.11. The number of halogens is 3. The lowest BCUT2D eigenvalue weighted by molar-refractivity contribution is -0.139. The molecule has 2 rings (SSSR count). The van der Waals surface area contributed by atoms with Crippen LogP contribution in [0.15, 0.2) is 36.8 Å². The maximum atomic E-state index is 12.8. The molecule has 3 nitrogen and oxygen atoms in total. The molecule has 0 aliphatic carbocycles. The zero-order chi connectivity index (χ0) is 13.2. The smallest absolute Gasteiger partial charge is 0.390 e. The molecule has 0 saturated heterocycles. The first-order valence-corrected chi connectivity index (χ1v) is 5.09. The standard InChI is InChI=1S/C12H9F3N2O/c13-12(14,15)10-5-9(6-17-11(10)7-18)8-1-3-16-4-2-8/h1-6,18H,7H2. The van der Waals surface area contributed by atoms with Gasteiger partial charge in [-0.15, -0.1) is 0 Å². The minimum atomic E-state index is -4.53. The monoisotopic (exact) mass is 254 g/mol. The number of aliphatic hydroxyl groups excluding tert-OH is 1. The van der Waals surface area contributed by atoms with Gasteiger partial charge in [0.2, 0.25) is 0 Å². The van der Waals surface area contributed by atoms with Crippen molar-refractivity contribution in [2.24, 2.45) is 0 Å². The van der Waals surface area contributed by atoms with Crippen LogP contribution in [-0.4, -0.2) is 15.1 Å². The molecule has 2 aromatic heterocycles. The van der Waals surface area contributed by atoms with Crippen LogP contribution >= 0.6 is 0 Å². The summed E-state index contributed by atoms with van der Waals surface area (Å²) >= 11 is 0. The molecule has 0 aliphatic rings. The molecule has 0 amide bonds. The molecule has 2 heterocycles. The fourth-order valence-corrected chi connectivity index (χ4v) is 1.57. The molecule has 0 radical (unpaired) electrons. The maximum Gasteiger partial charge on any atom is 0.418 e. The number of pyridine rings is 2. The molecule has 0 atom stereocenters. The van der Waals surface area contributed by atoms with Crippen LogP contribution in [0.2, 0.25) is 0 Å². The second-order valence-corrected chi connectivity index (χ2v) is 3.61. The largest absolute Gasteiger partial charge is 0.418 e. The quantitative estimate of drug-likeness (QED) is 0.896. The highest BCUT2D eigenvalue weighted by Gasteiger charge is 2.34. The van der Waals surface area contributed by atoms with Gasteiger partial charge in [-0.1, -0.05) is 0 Å². The van der Waals surface area contributed by atoms with Crippen molar-refractivity contribution in [3.05, 3.63) is 48.0 Å². The molecular formula is C12H9F3N2O. The topological polar surface area (TPSA) is 46.0 Å². The van der Waals surface area contributed by atoms with Crippen LogP contribution in [-0.2, 0) is 12.8 Å². The minimum absolute atomic E-state index is 0.335. The van der Waals surface area contributed by atoms with Gasteiger partial charge in [0.05, 0.1) is 17.9 Å². The normalized spacial score (nSPS) is 11.6. The molecule has 0 spiro atoms. The lowest BCUT2D eigenvalue weighted by atomic mass is 10.1. The zero-order valence-corrected chi connectivity index (χ0v) is 9.15. The second-order valence-electron chi connectivity index (χ2n) is 3.61. The van der Waals surface area contributed by atoms with E-state index in [0.29, 0.717) is 11.1 Å². The van der Waals surface area contributed by atoms with Crippen molar-refractivity contribution in [2.45, 2.75) is 12.8 Å². The Hall–Kier alpha value is -1.95. The van der Waals surface area contributed by atoms with E-state index in [0.717, 1.165) is 6.07 Å². The number of hydrogen-bond acceptors (Lipinski definition) is 3. The van der Waals surface area contributed by atoms with E-state index in [4.69, 9.17) is 5.11 Å². The first-order chi connectivity index (χ1) is 8.52. The highest BCUT2D eigenvalue weighted by atomic mass is 19.4. The van der Waals surface area contributed by atoms with Gasteiger partial charge in [0.15, 0.2) is 0 Å². The minimum Gasteiger partial charge on any atom is -0.390 e. The molecule has 94 valence electrons.